The topological polar surface area (TPSA) is 42.0 Å². The van der Waals surface area contributed by atoms with E-state index in [2.05, 4.69) is 10.3 Å². The fraction of sp³-hybridized carbons (Fsp3) is 0.167. The summed E-state index contributed by atoms with van der Waals surface area (Å²) in [7, 11) is 0. The quantitative estimate of drug-likeness (QED) is 0.925. The second kappa shape index (κ2) is 5.68. The van der Waals surface area contributed by atoms with Gasteiger partial charge in [0.15, 0.2) is 0 Å². The largest absolute Gasteiger partial charge is 0.350 e. The van der Waals surface area contributed by atoms with Crippen LogP contribution in [-0.2, 0) is 6.42 Å². The maximum atomic E-state index is 13.3. The van der Waals surface area contributed by atoms with E-state index in [-0.39, 0.29) is 12.5 Å². The van der Waals surface area contributed by atoms with E-state index in [1.54, 1.807) is 10.9 Å². The SMILES string of the molecule is O=C(NCCc1ccc(F)cc1F)c1cscn1. The Morgan fingerprint density at radius 1 is 1.39 bits per heavy atom. The zero-order chi connectivity index (χ0) is 13.0. The highest BCUT2D eigenvalue weighted by Crippen LogP contribution is 2.09. The fourth-order valence-corrected chi connectivity index (χ4v) is 1.98. The molecule has 0 saturated carbocycles. The molecule has 0 bridgehead atoms. The van der Waals surface area contributed by atoms with Crippen molar-refractivity contribution in [3.8, 4) is 0 Å². The minimum absolute atomic E-state index is 0.277. The maximum absolute atomic E-state index is 13.3. The van der Waals surface area contributed by atoms with Crippen molar-refractivity contribution in [2.24, 2.45) is 0 Å². The first-order valence-corrected chi connectivity index (χ1v) is 6.21. The number of benzene rings is 1. The van der Waals surface area contributed by atoms with Crippen LogP contribution in [0.25, 0.3) is 0 Å². The molecule has 0 aliphatic carbocycles. The Balaban J connectivity index is 1.87. The lowest BCUT2D eigenvalue weighted by Gasteiger charge is -2.04. The standard InChI is InChI=1S/C12H10F2N2OS/c13-9-2-1-8(10(14)5-9)3-4-15-12(17)11-6-18-7-16-11/h1-2,5-7H,3-4H2,(H,15,17). The molecule has 2 rings (SSSR count). The number of thiazole rings is 1. The van der Waals surface area contributed by atoms with Crippen LogP contribution >= 0.6 is 11.3 Å². The van der Waals surface area contributed by atoms with Gasteiger partial charge in [0, 0.05) is 18.0 Å². The van der Waals surface area contributed by atoms with E-state index in [0.717, 1.165) is 6.07 Å². The van der Waals surface area contributed by atoms with E-state index in [1.165, 1.54) is 23.5 Å². The molecule has 1 aromatic carbocycles. The van der Waals surface area contributed by atoms with Crippen molar-refractivity contribution in [3.63, 3.8) is 0 Å². The zero-order valence-corrected chi connectivity index (χ0v) is 10.1. The van der Waals surface area contributed by atoms with Crippen molar-refractivity contribution in [3.05, 3.63) is 52.0 Å². The summed E-state index contributed by atoms with van der Waals surface area (Å²) in [6.07, 6.45) is 0.308. The van der Waals surface area contributed by atoms with Gasteiger partial charge in [-0.15, -0.1) is 11.3 Å². The molecule has 0 fully saturated rings. The fourth-order valence-electron chi connectivity index (χ4n) is 1.45. The van der Waals surface area contributed by atoms with Crippen LogP contribution in [0.4, 0.5) is 8.78 Å². The molecule has 3 nitrogen and oxygen atoms in total. The first-order valence-electron chi connectivity index (χ1n) is 5.27. The average Bonchev–Trinajstić information content (AvgIpc) is 2.85. The maximum Gasteiger partial charge on any atom is 0.270 e. The van der Waals surface area contributed by atoms with E-state index >= 15 is 0 Å². The van der Waals surface area contributed by atoms with Crippen LogP contribution < -0.4 is 5.32 Å². The highest BCUT2D eigenvalue weighted by molar-refractivity contribution is 7.07. The third-order valence-corrected chi connectivity index (χ3v) is 2.95. The summed E-state index contributed by atoms with van der Waals surface area (Å²) in [6.45, 7) is 0.277. The normalized spacial score (nSPS) is 10.3. The van der Waals surface area contributed by atoms with Gasteiger partial charge in [0.05, 0.1) is 5.51 Å². The Bertz CT molecular complexity index is 543. The molecule has 0 radical (unpaired) electrons. The second-order valence-electron chi connectivity index (χ2n) is 3.62. The molecule has 1 amide bonds. The third-order valence-electron chi connectivity index (χ3n) is 2.36. The van der Waals surface area contributed by atoms with Gasteiger partial charge in [-0.3, -0.25) is 4.79 Å². The van der Waals surface area contributed by atoms with Gasteiger partial charge in [-0.05, 0) is 18.1 Å². The van der Waals surface area contributed by atoms with Crippen molar-refractivity contribution in [1.82, 2.24) is 10.3 Å². The Morgan fingerprint density at radius 2 is 2.22 bits per heavy atom. The predicted octanol–water partition coefficient (Wildman–Crippen LogP) is 2.39. The van der Waals surface area contributed by atoms with E-state index in [9.17, 15) is 13.6 Å². The molecule has 6 heteroatoms. The summed E-state index contributed by atoms with van der Waals surface area (Å²) < 4.78 is 26.0. The van der Waals surface area contributed by atoms with E-state index in [1.807, 2.05) is 0 Å². The van der Waals surface area contributed by atoms with Crippen molar-refractivity contribution < 1.29 is 13.6 Å². The van der Waals surface area contributed by atoms with Crippen LogP contribution in [0.5, 0.6) is 0 Å². The summed E-state index contributed by atoms with van der Waals surface area (Å²) in [5.74, 6) is -1.50. The number of amides is 1. The van der Waals surface area contributed by atoms with Crippen molar-refractivity contribution in [1.29, 1.82) is 0 Å². The second-order valence-corrected chi connectivity index (χ2v) is 4.33. The minimum atomic E-state index is -0.609. The number of hydrogen-bond donors (Lipinski definition) is 1. The summed E-state index contributed by atoms with van der Waals surface area (Å²) in [5.41, 5.74) is 2.28. The van der Waals surface area contributed by atoms with Crippen LogP contribution in [0.15, 0.2) is 29.1 Å². The van der Waals surface area contributed by atoms with E-state index in [0.29, 0.717) is 17.7 Å². The smallest absolute Gasteiger partial charge is 0.270 e. The summed E-state index contributed by atoms with van der Waals surface area (Å²) in [5, 5.41) is 4.25. The number of hydrogen-bond acceptors (Lipinski definition) is 3. The lowest BCUT2D eigenvalue weighted by Crippen LogP contribution is -2.26. The molecular weight excluding hydrogens is 258 g/mol. The molecule has 18 heavy (non-hydrogen) atoms. The first-order chi connectivity index (χ1) is 8.66. The van der Waals surface area contributed by atoms with Crippen LogP contribution in [0.3, 0.4) is 0 Å². The van der Waals surface area contributed by atoms with Crippen LogP contribution in [0.1, 0.15) is 16.1 Å². The Kier molecular flexibility index (Phi) is 3.99. The molecule has 0 aliphatic heterocycles. The van der Waals surface area contributed by atoms with Gasteiger partial charge in [-0.1, -0.05) is 6.07 Å². The lowest BCUT2D eigenvalue weighted by molar-refractivity contribution is 0.0949. The number of nitrogens with zero attached hydrogens (tertiary/aromatic N) is 1. The van der Waals surface area contributed by atoms with Gasteiger partial charge in [-0.2, -0.15) is 0 Å². The van der Waals surface area contributed by atoms with Gasteiger partial charge in [0.25, 0.3) is 5.91 Å². The molecule has 0 spiro atoms. The average molecular weight is 268 g/mol. The van der Waals surface area contributed by atoms with Crippen LogP contribution in [0, 0.1) is 11.6 Å². The third kappa shape index (κ3) is 3.10. The number of carbonyl (C=O) groups excluding carboxylic acids is 1. The molecule has 0 unspecified atom stereocenters. The molecule has 94 valence electrons. The first kappa shape index (κ1) is 12.6. The van der Waals surface area contributed by atoms with Gasteiger partial charge >= 0.3 is 0 Å². The molecule has 0 atom stereocenters. The number of halogens is 2. The Morgan fingerprint density at radius 3 is 2.89 bits per heavy atom. The number of carbonyl (C=O) groups is 1. The Hall–Kier alpha value is -1.82. The Labute approximate surface area is 106 Å². The monoisotopic (exact) mass is 268 g/mol. The highest BCUT2D eigenvalue weighted by Gasteiger charge is 2.08. The molecule has 1 aromatic heterocycles. The molecule has 1 N–H and O–H groups in total. The van der Waals surface area contributed by atoms with E-state index in [4.69, 9.17) is 0 Å². The van der Waals surface area contributed by atoms with Gasteiger partial charge in [0.1, 0.15) is 17.3 Å². The highest BCUT2D eigenvalue weighted by atomic mass is 32.1. The summed E-state index contributed by atoms with van der Waals surface area (Å²) in [4.78, 5) is 15.4. The van der Waals surface area contributed by atoms with Crippen molar-refractivity contribution in [2.75, 3.05) is 6.54 Å². The van der Waals surface area contributed by atoms with Gasteiger partial charge in [-0.25, -0.2) is 13.8 Å². The van der Waals surface area contributed by atoms with Crippen LogP contribution in [0.2, 0.25) is 0 Å². The van der Waals surface area contributed by atoms with Gasteiger partial charge < -0.3 is 5.32 Å². The minimum Gasteiger partial charge on any atom is -0.350 e. The van der Waals surface area contributed by atoms with Crippen LogP contribution in [-0.4, -0.2) is 17.4 Å². The summed E-state index contributed by atoms with van der Waals surface area (Å²) >= 11 is 1.33. The molecule has 1 heterocycles. The van der Waals surface area contributed by atoms with Gasteiger partial charge in [0.2, 0.25) is 0 Å². The predicted molar refractivity (Wildman–Crippen MR) is 64.5 cm³/mol. The molecule has 2 aromatic rings. The number of aromatic nitrogens is 1. The summed E-state index contributed by atoms with van der Waals surface area (Å²) in [6, 6.07) is 3.40. The van der Waals surface area contributed by atoms with E-state index < -0.39 is 11.6 Å². The molecule has 0 aliphatic rings. The van der Waals surface area contributed by atoms with Crippen molar-refractivity contribution >= 4 is 17.2 Å². The number of rotatable bonds is 4. The molecule has 0 saturated heterocycles. The lowest BCUT2D eigenvalue weighted by atomic mass is 10.1. The number of nitrogens with one attached hydrogen (secondary N) is 1. The zero-order valence-electron chi connectivity index (χ0n) is 9.32. The molecular formula is C12H10F2N2OS. The van der Waals surface area contributed by atoms with Crippen molar-refractivity contribution in [2.45, 2.75) is 6.42 Å².